The van der Waals surface area contributed by atoms with Crippen molar-refractivity contribution in [2.24, 2.45) is 5.92 Å². The number of nitrogens with one attached hydrogen (secondary N) is 2. The zero-order valence-corrected chi connectivity index (χ0v) is 13.6. The van der Waals surface area contributed by atoms with Crippen LogP contribution < -0.4 is 5.32 Å². The predicted molar refractivity (Wildman–Crippen MR) is 84.8 cm³/mol. The van der Waals surface area contributed by atoms with Gasteiger partial charge >= 0.3 is 0 Å². The molecule has 3 nitrogen and oxygen atoms in total. The number of aromatic amines is 1. The molecule has 0 aliphatic heterocycles. The molecule has 0 radical (unpaired) electrons. The van der Waals surface area contributed by atoms with Gasteiger partial charge in [-0.2, -0.15) is 0 Å². The first-order valence-electron chi connectivity index (χ1n) is 8.26. The van der Waals surface area contributed by atoms with Gasteiger partial charge < -0.3 is 10.3 Å². The molecule has 0 bridgehead atoms. The standard InChI is InChI=1S/C17H31N3/c1-5-6-13-7-9-14(10-8-13)16-18-11-15(20-16)12-19-17(2,3)4/h11,13-14,19H,5-10,12H2,1-4H3,(H,18,20). The van der Waals surface area contributed by atoms with E-state index in [9.17, 15) is 0 Å². The van der Waals surface area contributed by atoms with Gasteiger partial charge in [-0.25, -0.2) is 4.98 Å². The number of nitrogens with zero attached hydrogens (tertiary/aromatic N) is 1. The lowest BCUT2D eigenvalue weighted by molar-refractivity contribution is 0.303. The number of aromatic nitrogens is 2. The number of imidazole rings is 1. The van der Waals surface area contributed by atoms with Gasteiger partial charge in [-0.15, -0.1) is 0 Å². The number of hydrogen-bond acceptors (Lipinski definition) is 2. The molecule has 1 aromatic heterocycles. The fourth-order valence-corrected chi connectivity index (χ4v) is 3.17. The fourth-order valence-electron chi connectivity index (χ4n) is 3.17. The smallest absolute Gasteiger partial charge is 0.109 e. The Morgan fingerprint density at radius 3 is 2.55 bits per heavy atom. The maximum absolute atomic E-state index is 4.62. The first-order valence-corrected chi connectivity index (χ1v) is 8.26. The predicted octanol–water partition coefficient (Wildman–Crippen LogP) is 4.37. The molecule has 1 fully saturated rings. The van der Waals surface area contributed by atoms with Crippen molar-refractivity contribution in [1.29, 1.82) is 0 Å². The van der Waals surface area contributed by atoms with E-state index in [-0.39, 0.29) is 5.54 Å². The zero-order valence-electron chi connectivity index (χ0n) is 13.6. The van der Waals surface area contributed by atoms with Crippen molar-refractivity contribution in [3.8, 4) is 0 Å². The van der Waals surface area contributed by atoms with Crippen LogP contribution in [0.2, 0.25) is 0 Å². The van der Waals surface area contributed by atoms with Crippen LogP contribution in [0, 0.1) is 5.92 Å². The van der Waals surface area contributed by atoms with Gasteiger partial charge in [0, 0.05) is 29.9 Å². The molecule has 1 aliphatic carbocycles. The minimum atomic E-state index is 0.156. The highest BCUT2D eigenvalue weighted by Gasteiger charge is 2.23. The number of hydrogen-bond donors (Lipinski definition) is 2. The topological polar surface area (TPSA) is 40.7 Å². The van der Waals surface area contributed by atoms with Crippen molar-refractivity contribution < 1.29 is 0 Å². The summed E-state index contributed by atoms with van der Waals surface area (Å²) in [6.45, 7) is 9.76. The van der Waals surface area contributed by atoms with E-state index in [1.54, 1.807) is 0 Å². The SMILES string of the molecule is CCCC1CCC(c2ncc(CNC(C)(C)C)[nH]2)CC1. The normalized spacial score (nSPS) is 24.0. The van der Waals surface area contributed by atoms with Crippen LogP contribution in [0.3, 0.4) is 0 Å². The van der Waals surface area contributed by atoms with Crippen LogP contribution in [0.15, 0.2) is 6.20 Å². The van der Waals surface area contributed by atoms with Gasteiger partial charge in [0.15, 0.2) is 0 Å². The van der Waals surface area contributed by atoms with Crippen LogP contribution >= 0.6 is 0 Å². The van der Waals surface area contributed by atoms with E-state index >= 15 is 0 Å². The lowest BCUT2D eigenvalue weighted by atomic mass is 9.80. The third-order valence-electron chi connectivity index (χ3n) is 4.39. The highest BCUT2D eigenvalue weighted by atomic mass is 15.0. The summed E-state index contributed by atoms with van der Waals surface area (Å²) in [5.41, 5.74) is 1.37. The van der Waals surface area contributed by atoms with Gasteiger partial charge in [-0.3, -0.25) is 0 Å². The molecule has 1 heterocycles. The van der Waals surface area contributed by atoms with E-state index in [1.165, 1.54) is 50.0 Å². The first kappa shape index (κ1) is 15.6. The van der Waals surface area contributed by atoms with E-state index in [2.05, 4.69) is 43.0 Å². The Labute approximate surface area is 124 Å². The molecule has 1 saturated carbocycles. The van der Waals surface area contributed by atoms with Gasteiger partial charge in [-0.1, -0.05) is 19.8 Å². The summed E-state index contributed by atoms with van der Waals surface area (Å²) in [6.07, 6.45) is 10.1. The molecule has 0 atom stereocenters. The minimum absolute atomic E-state index is 0.156. The van der Waals surface area contributed by atoms with Gasteiger partial charge in [0.2, 0.25) is 0 Å². The highest BCUT2D eigenvalue weighted by Crippen LogP contribution is 2.36. The van der Waals surface area contributed by atoms with Gasteiger partial charge in [0.1, 0.15) is 5.82 Å². The summed E-state index contributed by atoms with van der Waals surface area (Å²) in [4.78, 5) is 8.14. The average molecular weight is 277 g/mol. The molecule has 2 rings (SSSR count). The second kappa shape index (κ2) is 6.75. The molecule has 0 saturated heterocycles. The van der Waals surface area contributed by atoms with Crippen molar-refractivity contribution in [1.82, 2.24) is 15.3 Å². The minimum Gasteiger partial charge on any atom is -0.345 e. The Hall–Kier alpha value is -0.830. The quantitative estimate of drug-likeness (QED) is 0.839. The summed E-state index contributed by atoms with van der Waals surface area (Å²) in [6, 6.07) is 0. The molecule has 2 N–H and O–H groups in total. The number of H-pyrrole nitrogens is 1. The summed E-state index contributed by atoms with van der Waals surface area (Å²) in [5.74, 6) is 2.84. The van der Waals surface area contributed by atoms with Crippen molar-refractivity contribution in [2.75, 3.05) is 0 Å². The van der Waals surface area contributed by atoms with Crippen molar-refractivity contribution in [2.45, 2.75) is 84.2 Å². The monoisotopic (exact) mass is 277 g/mol. The lowest BCUT2D eigenvalue weighted by Crippen LogP contribution is -2.35. The number of rotatable bonds is 5. The Morgan fingerprint density at radius 1 is 1.25 bits per heavy atom. The van der Waals surface area contributed by atoms with Gasteiger partial charge in [0.25, 0.3) is 0 Å². The van der Waals surface area contributed by atoms with E-state index < -0.39 is 0 Å². The Bertz CT molecular complexity index is 395. The molecule has 114 valence electrons. The summed E-state index contributed by atoms with van der Waals surface area (Å²) in [5, 5.41) is 3.51. The second-order valence-corrected chi connectivity index (χ2v) is 7.40. The average Bonchev–Trinajstić information content (AvgIpc) is 2.86. The van der Waals surface area contributed by atoms with Crippen LogP contribution in [0.4, 0.5) is 0 Å². The van der Waals surface area contributed by atoms with Crippen LogP contribution in [-0.2, 0) is 6.54 Å². The maximum Gasteiger partial charge on any atom is 0.109 e. The van der Waals surface area contributed by atoms with E-state index in [0.29, 0.717) is 5.92 Å². The Kier molecular flexibility index (Phi) is 5.25. The maximum atomic E-state index is 4.62. The summed E-state index contributed by atoms with van der Waals surface area (Å²) < 4.78 is 0. The van der Waals surface area contributed by atoms with Crippen molar-refractivity contribution >= 4 is 0 Å². The molecular formula is C17H31N3. The molecule has 3 heteroatoms. The van der Waals surface area contributed by atoms with E-state index in [1.807, 2.05) is 6.20 Å². The first-order chi connectivity index (χ1) is 9.48. The third-order valence-corrected chi connectivity index (χ3v) is 4.39. The Balaban J connectivity index is 1.84. The van der Waals surface area contributed by atoms with Gasteiger partial charge in [0.05, 0.1) is 0 Å². The van der Waals surface area contributed by atoms with Crippen LogP contribution in [0.25, 0.3) is 0 Å². The molecule has 0 unspecified atom stereocenters. The van der Waals surface area contributed by atoms with Crippen LogP contribution in [0.5, 0.6) is 0 Å². The molecular weight excluding hydrogens is 246 g/mol. The van der Waals surface area contributed by atoms with E-state index in [0.717, 1.165) is 12.5 Å². The molecule has 20 heavy (non-hydrogen) atoms. The Morgan fingerprint density at radius 2 is 1.95 bits per heavy atom. The molecule has 1 aromatic rings. The van der Waals surface area contributed by atoms with Gasteiger partial charge in [-0.05, 0) is 52.4 Å². The molecule has 0 amide bonds. The molecule has 1 aliphatic rings. The van der Waals surface area contributed by atoms with Crippen LogP contribution in [0.1, 0.15) is 83.7 Å². The van der Waals surface area contributed by atoms with Crippen LogP contribution in [-0.4, -0.2) is 15.5 Å². The lowest BCUT2D eigenvalue weighted by Gasteiger charge is -2.27. The van der Waals surface area contributed by atoms with Crippen molar-refractivity contribution in [3.63, 3.8) is 0 Å². The largest absolute Gasteiger partial charge is 0.345 e. The second-order valence-electron chi connectivity index (χ2n) is 7.40. The summed E-state index contributed by atoms with van der Waals surface area (Å²) in [7, 11) is 0. The molecule has 0 aromatic carbocycles. The van der Waals surface area contributed by atoms with Crippen molar-refractivity contribution in [3.05, 3.63) is 17.7 Å². The molecule has 0 spiro atoms. The van der Waals surface area contributed by atoms with E-state index in [4.69, 9.17) is 0 Å². The summed E-state index contributed by atoms with van der Waals surface area (Å²) >= 11 is 0. The zero-order chi connectivity index (χ0) is 14.6. The highest BCUT2D eigenvalue weighted by molar-refractivity contribution is 5.06. The fraction of sp³-hybridized carbons (Fsp3) is 0.824. The third kappa shape index (κ3) is 4.62.